The zero-order valence-corrected chi connectivity index (χ0v) is 7.54. The molecule has 1 heterocycles. The molecule has 12 heavy (non-hydrogen) atoms. The van der Waals surface area contributed by atoms with Crippen LogP contribution in [0.1, 0.15) is 25.7 Å². The molecule has 2 aliphatic rings. The summed E-state index contributed by atoms with van der Waals surface area (Å²) in [7, 11) is 0. The van der Waals surface area contributed by atoms with E-state index in [1.807, 2.05) is 0 Å². The number of rotatable bonds is 1. The summed E-state index contributed by atoms with van der Waals surface area (Å²) >= 11 is 0. The third-order valence-corrected chi connectivity index (χ3v) is 3.04. The summed E-state index contributed by atoms with van der Waals surface area (Å²) in [5.74, 6) is 0. The van der Waals surface area contributed by atoms with Crippen molar-refractivity contribution >= 4 is 0 Å². The van der Waals surface area contributed by atoms with Gasteiger partial charge >= 0.3 is 0 Å². The lowest BCUT2D eigenvalue weighted by Crippen LogP contribution is -2.39. The molecule has 70 valence electrons. The minimum Gasteiger partial charge on any atom is -0.365 e. The third kappa shape index (κ3) is 1.79. The third-order valence-electron chi connectivity index (χ3n) is 3.04. The molecule has 0 atom stereocenters. The van der Waals surface area contributed by atoms with E-state index in [4.69, 9.17) is 10.5 Å². The predicted molar refractivity (Wildman–Crippen MR) is 47.8 cm³/mol. The number of ether oxygens (including phenoxy) is 1. The summed E-state index contributed by atoms with van der Waals surface area (Å²) in [6.07, 6.45) is 4.93. The van der Waals surface area contributed by atoms with Crippen LogP contribution in [0.4, 0.5) is 0 Å². The SMILES string of the molecule is NC1CCC(N2CCOC2)CC1. The van der Waals surface area contributed by atoms with E-state index in [0.29, 0.717) is 6.04 Å². The van der Waals surface area contributed by atoms with Gasteiger partial charge in [-0.15, -0.1) is 0 Å². The van der Waals surface area contributed by atoms with Gasteiger partial charge in [0.15, 0.2) is 0 Å². The standard InChI is InChI=1S/C9H18N2O/c10-8-1-3-9(4-2-8)11-5-6-12-7-11/h8-9H,1-7,10H2. The van der Waals surface area contributed by atoms with Gasteiger partial charge in [0, 0.05) is 18.6 Å². The van der Waals surface area contributed by atoms with Crippen molar-refractivity contribution in [3.8, 4) is 0 Å². The topological polar surface area (TPSA) is 38.5 Å². The van der Waals surface area contributed by atoms with Crippen LogP contribution in [0.3, 0.4) is 0 Å². The summed E-state index contributed by atoms with van der Waals surface area (Å²) < 4.78 is 5.33. The summed E-state index contributed by atoms with van der Waals surface area (Å²) in [6, 6.07) is 1.22. The molecular formula is C9H18N2O. The van der Waals surface area contributed by atoms with E-state index in [9.17, 15) is 0 Å². The van der Waals surface area contributed by atoms with Gasteiger partial charge in [0.1, 0.15) is 0 Å². The van der Waals surface area contributed by atoms with E-state index in [1.54, 1.807) is 0 Å². The van der Waals surface area contributed by atoms with E-state index in [0.717, 1.165) is 25.9 Å². The number of hydrogen-bond donors (Lipinski definition) is 1. The number of nitrogens with zero attached hydrogens (tertiary/aromatic N) is 1. The molecule has 2 fully saturated rings. The molecule has 0 radical (unpaired) electrons. The number of nitrogens with two attached hydrogens (primary N) is 1. The molecule has 1 aliphatic carbocycles. The Balaban J connectivity index is 1.80. The Morgan fingerprint density at radius 3 is 2.50 bits per heavy atom. The van der Waals surface area contributed by atoms with Crippen molar-refractivity contribution in [2.75, 3.05) is 19.9 Å². The zero-order chi connectivity index (χ0) is 8.39. The van der Waals surface area contributed by atoms with E-state index < -0.39 is 0 Å². The molecule has 0 bridgehead atoms. The van der Waals surface area contributed by atoms with Crippen LogP contribution < -0.4 is 5.73 Å². The highest BCUT2D eigenvalue weighted by molar-refractivity contribution is 4.81. The monoisotopic (exact) mass is 170 g/mol. The Bertz CT molecular complexity index is 137. The second-order valence-corrected chi connectivity index (χ2v) is 3.92. The van der Waals surface area contributed by atoms with Crippen molar-refractivity contribution < 1.29 is 4.74 Å². The van der Waals surface area contributed by atoms with Crippen LogP contribution in [-0.2, 0) is 4.74 Å². The van der Waals surface area contributed by atoms with Gasteiger partial charge in [0.25, 0.3) is 0 Å². The predicted octanol–water partition coefficient (Wildman–Crippen LogP) is 0.546. The molecule has 0 unspecified atom stereocenters. The molecule has 0 spiro atoms. The largest absolute Gasteiger partial charge is 0.365 e. The Labute approximate surface area is 73.9 Å². The van der Waals surface area contributed by atoms with Crippen molar-refractivity contribution in [3.05, 3.63) is 0 Å². The lowest BCUT2D eigenvalue weighted by atomic mass is 9.91. The highest BCUT2D eigenvalue weighted by atomic mass is 16.5. The van der Waals surface area contributed by atoms with Gasteiger partial charge in [0.05, 0.1) is 13.3 Å². The van der Waals surface area contributed by atoms with Gasteiger partial charge in [-0.1, -0.05) is 0 Å². The first-order valence-electron chi connectivity index (χ1n) is 4.93. The maximum Gasteiger partial charge on any atom is 0.0994 e. The molecule has 1 saturated heterocycles. The van der Waals surface area contributed by atoms with Crippen LogP contribution in [0.25, 0.3) is 0 Å². The molecule has 2 N–H and O–H groups in total. The maximum absolute atomic E-state index is 5.85. The summed E-state index contributed by atoms with van der Waals surface area (Å²) in [6.45, 7) is 2.89. The molecule has 2 rings (SSSR count). The zero-order valence-electron chi connectivity index (χ0n) is 7.54. The Kier molecular flexibility index (Phi) is 2.63. The van der Waals surface area contributed by atoms with Crippen molar-refractivity contribution in [3.63, 3.8) is 0 Å². The van der Waals surface area contributed by atoms with Gasteiger partial charge < -0.3 is 10.5 Å². The maximum atomic E-state index is 5.85. The summed E-state index contributed by atoms with van der Waals surface area (Å²) in [4.78, 5) is 2.45. The molecular weight excluding hydrogens is 152 g/mol. The van der Waals surface area contributed by atoms with Gasteiger partial charge in [-0.25, -0.2) is 0 Å². The highest BCUT2D eigenvalue weighted by Crippen LogP contribution is 2.23. The average molecular weight is 170 g/mol. The fourth-order valence-electron chi connectivity index (χ4n) is 2.18. The first-order valence-corrected chi connectivity index (χ1v) is 4.93. The van der Waals surface area contributed by atoms with Crippen LogP contribution in [-0.4, -0.2) is 36.9 Å². The fraction of sp³-hybridized carbons (Fsp3) is 1.00. The number of hydrogen-bond acceptors (Lipinski definition) is 3. The molecule has 0 aromatic heterocycles. The normalized spacial score (nSPS) is 38.8. The van der Waals surface area contributed by atoms with Crippen LogP contribution >= 0.6 is 0 Å². The quantitative estimate of drug-likeness (QED) is 0.624. The van der Waals surface area contributed by atoms with Crippen LogP contribution in [0, 0.1) is 0 Å². The molecule has 0 amide bonds. The van der Waals surface area contributed by atoms with Crippen molar-refractivity contribution in [1.82, 2.24) is 4.90 Å². The van der Waals surface area contributed by atoms with Gasteiger partial charge in [-0.2, -0.15) is 0 Å². The molecule has 3 heteroatoms. The first kappa shape index (κ1) is 8.48. The molecule has 1 saturated carbocycles. The lowest BCUT2D eigenvalue weighted by molar-refractivity contribution is 0.0962. The van der Waals surface area contributed by atoms with Crippen molar-refractivity contribution in [2.24, 2.45) is 5.73 Å². The summed E-state index contributed by atoms with van der Waals surface area (Å²) in [5, 5.41) is 0. The second kappa shape index (κ2) is 3.73. The van der Waals surface area contributed by atoms with Gasteiger partial charge in [0.2, 0.25) is 0 Å². The summed E-state index contributed by atoms with van der Waals surface area (Å²) in [5.41, 5.74) is 5.85. The highest BCUT2D eigenvalue weighted by Gasteiger charge is 2.26. The Morgan fingerprint density at radius 1 is 1.17 bits per heavy atom. The van der Waals surface area contributed by atoms with E-state index in [2.05, 4.69) is 4.90 Å². The smallest absolute Gasteiger partial charge is 0.0994 e. The van der Waals surface area contributed by atoms with Gasteiger partial charge in [-0.3, -0.25) is 4.90 Å². The van der Waals surface area contributed by atoms with E-state index in [-0.39, 0.29) is 0 Å². The van der Waals surface area contributed by atoms with E-state index >= 15 is 0 Å². The van der Waals surface area contributed by atoms with Crippen LogP contribution in [0.15, 0.2) is 0 Å². The minimum absolute atomic E-state index is 0.463. The van der Waals surface area contributed by atoms with Crippen LogP contribution in [0.2, 0.25) is 0 Å². The first-order chi connectivity index (χ1) is 5.86. The van der Waals surface area contributed by atoms with Crippen LogP contribution in [0.5, 0.6) is 0 Å². The Morgan fingerprint density at radius 2 is 1.92 bits per heavy atom. The fourth-order valence-corrected chi connectivity index (χ4v) is 2.18. The van der Waals surface area contributed by atoms with Gasteiger partial charge in [-0.05, 0) is 25.7 Å². The van der Waals surface area contributed by atoms with Crippen molar-refractivity contribution in [2.45, 2.75) is 37.8 Å². The van der Waals surface area contributed by atoms with Crippen molar-refractivity contribution in [1.29, 1.82) is 0 Å². The lowest BCUT2D eigenvalue weighted by Gasteiger charge is -2.32. The molecule has 3 nitrogen and oxygen atoms in total. The molecule has 1 aliphatic heterocycles. The molecule has 0 aromatic rings. The Hall–Kier alpha value is -0.120. The average Bonchev–Trinajstić information content (AvgIpc) is 2.58. The minimum atomic E-state index is 0.463. The molecule has 0 aromatic carbocycles. The second-order valence-electron chi connectivity index (χ2n) is 3.92. The van der Waals surface area contributed by atoms with E-state index in [1.165, 1.54) is 25.7 Å².